The van der Waals surface area contributed by atoms with Gasteiger partial charge in [0.25, 0.3) is 0 Å². The molecule has 0 spiro atoms. The number of hydrogen-bond donors (Lipinski definition) is 1. The first-order chi connectivity index (χ1) is 3.66. The first kappa shape index (κ1) is 12.7. The summed E-state index contributed by atoms with van der Waals surface area (Å²) in [5, 5.41) is 8.73. The van der Waals surface area contributed by atoms with E-state index in [2.05, 4.69) is 6.92 Å². The second-order valence-electron chi connectivity index (χ2n) is 1.87. The zero-order chi connectivity index (χ0) is 6.57. The van der Waals surface area contributed by atoms with E-state index in [0.29, 0.717) is 6.54 Å². The fourth-order valence-electron chi connectivity index (χ4n) is 0.443. The monoisotopic (exact) mass is 204 g/mol. The number of aliphatic hydroxyl groups excluding tert-OH is 1. The van der Waals surface area contributed by atoms with Crippen molar-refractivity contribution < 1.29 is 37.8 Å². The van der Waals surface area contributed by atoms with Crippen molar-refractivity contribution in [2.75, 3.05) is 13.6 Å². The van der Waals surface area contributed by atoms with Crippen molar-refractivity contribution in [3.05, 3.63) is 13.5 Å². The van der Waals surface area contributed by atoms with E-state index >= 15 is 0 Å². The van der Waals surface area contributed by atoms with Gasteiger partial charge in [0, 0.05) is 32.7 Å². The van der Waals surface area contributed by atoms with Gasteiger partial charge in [-0.1, -0.05) is 13.0 Å². The fourth-order valence-corrected chi connectivity index (χ4v) is 0.443. The predicted molar refractivity (Wildman–Crippen MR) is 34.0 cm³/mol. The van der Waals surface area contributed by atoms with E-state index in [0.717, 1.165) is 0 Å². The number of rotatable bonds is 3. The van der Waals surface area contributed by atoms with Crippen LogP contribution in [0.15, 0.2) is 0 Å². The molecule has 1 radical (unpaired) electrons. The number of likely N-dealkylation sites (N-methyl/N-ethyl adjacent to an activating group) is 1. The molecule has 0 saturated heterocycles. The van der Waals surface area contributed by atoms with Crippen molar-refractivity contribution >= 4 is 0 Å². The maximum Gasteiger partial charge on any atom is 0 e. The fraction of sp³-hybridized carbons (Fsp3) is 0.667. The standard InChI is InChI=1S/C6H13NO.Y/c1-4-7(3)5-6(2)8;/h5-6,8H,1,4H2,2-3H3;/q-2;. The van der Waals surface area contributed by atoms with E-state index in [-0.39, 0.29) is 38.8 Å². The summed E-state index contributed by atoms with van der Waals surface area (Å²) in [7, 11) is 1.87. The Kier molecular flexibility index (Phi) is 10.1. The summed E-state index contributed by atoms with van der Waals surface area (Å²) >= 11 is 0. The first-order valence-electron chi connectivity index (χ1n) is 2.69. The molecule has 53 valence electrons. The average Bonchev–Trinajstić information content (AvgIpc) is 1.65. The molecule has 3 heteroatoms. The summed E-state index contributed by atoms with van der Waals surface area (Å²) in [6.45, 7) is 7.75. The maximum atomic E-state index is 8.73. The summed E-state index contributed by atoms with van der Waals surface area (Å²) in [5.41, 5.74) is 0. The molecule has 2 nitrogen and oxygen atoms in total. The molecule has 0 heterocycles. The van der Waals surface area contributed by atoms with Crippen LogP contribution < -0.4 is 0 Å². The van der Waals surface area contributed by atoms with Crippen molar-refractivity contribution in [1.82, 2.24) is 4.90 Å². The SMILES string of the molecule is [CH2-]CN(C)[CH-]C(C)O.[Y]. The van der Waals surface area contributed by atoms with Crippen LogP contribution in [0.2, 0.25) is 0 Å². The van der Waals surface area contributed by atoms with Crippen LogP contribution >= 0.6 is 0 Å². The largest absolute Gasteiger partial charge is 0.482 e. The smallest absolute Gasteiger partial charge is 0 e. The second kappa shape index (κ2) is 7.13. The second-order valence-corrected chi connectivity index (χ2v) is 1.87. The molecule has 0 saturated carbocycles. The maximum absolute atomic E-state index is 8.73. The Labute approximate surface area is 82.5 Å². The van der Waals surface area contributed by atoms with Gasteiger partial charge in [-0.2, -0.15) is 6.54 Å². The van der Waals surface area contributed by atoms with Crippen LogP contribution in [0, 0.1) is 13.5 Å². The summed E-state index contributed by atoms with van der Waals surface area (Å²) in [4.78, 5) is 1.84. The molecule has 0 aromatic heterocycles. The van der Waals surface area contributed by atoms with Crippen LogP contribution in [0.5, 0.6) is 0 Å². The Morgan fingerprint density at radius 1 is 1.78 bits per heavy atom. The molecule has 0 rings (SSSR count). The molecule has 0 fully saturated rings. The van der Waals surface area contributed by atoms with Crippen molar-refractivity contribution in [3.63, 3.8) is 0 Å². The van der Waals surface area contributed by atoms with Gasteiger partial charge in [0.2, 0.25) is 0 Å². The number of aliphatic hydroxyl groups is 1. The van der Waals surface area contributed by atoms with Gasteiger partial charge in [-0.05, 0) is 7.05 Å². The third-order valence-corrected chi connectivity index (χ3v) is 0.823. The topological polar surface area (TPSA) is 23.5 Å². The number of hydrogen-bond acceptors (Lipinski definition) is 2. The van der Waals surface area contributed by atoms with Gasteiger partial charge < -0.3 is 16.9 Å². The summed E-state index contributed by atoms with van der Waals surface area (Å²) < 4.78 is 0. The Bertz CT molecular complexity index is 59.0. The Balaban J connectivity index is 0. The summed E-state index contributed by atoms with van der Waals surface area (Å²) in [6.07, 6.45) is -0.359. The van der Waals surface area contributed by atoms with Crippen molar-refractivity contribution in [2.45, 2.75) is 13.0 Å². The molecule has 0 aliphatic heterocycles. The van der Waals surface area contributed by atoms with Crippen molar-refractivity contribution in [2.24, 2.45) is 0 Å². The summed E-state index contributed by atoms with van der Waals surface area (Å²) in [5.74, 6) is 0. The van der Waals surface area contributed by atoms with Crippen LogP contribution in [0.1, 0.15) is 6.92 Å². The Morgan fingerprint density at radius 3 is 2.33 bits per heavy atom. The molecule has 1 atom stereocenters. The molecule has 0 aliphatic rings. The van der Waals surface area contributed by atoms with E-state index < -0.39 is 0 Å². The zero-order valence-corrected chi connectivity index (χ0v) is 8.88. The van der Waals surface area contributed by atoms with Crippen LogP contribution in [-0.2, 0) is 32.7 Å². The normalized spacial score (nSPS) is 13.0. The molecular weight excluding hydrogens is 191 g/mol. The first-order valence-corrected chi connectivity index (χ1v) is 2.69. The molecule has 1 unspecified atom stereocenters. The molecule has 1 N–H and O–H groups in total. The minimum absolute atomic E-state index is 0. The van der Waals surface area contributed by atoms with E-state index in [1.54, 1.807) is 13.5 Å². The van der Waals surface area contributed by atoms with Gasteiger partial charge in [0.15, 0.2) is 0 Å². The van der Waals surface area contributed by atoms with E-state index in [1.807, 2.05) is 11.9 Å². The van der Waals surface area contributed by atoms with Gasteiger partial charge in [-0.15, -0.1) is 0 Å². The number of nitrogens with zero attached hydrogens (tertiary/aromatic N) is 1. The Hall–Kier alpha value is 1.02. The molecule has 0 aromatic carbocycles. The van der Waals surface area contributed by atoms with Crippen LogP contribution in [0.25, 0.3) is 0 Å². The van der Waals surface area contributed by atoms with E-state index in [9.17, 15) is 0 Å². The average molecular weight is 204 g/mol. The van der Waals surface area contributed by atoms with Crippen LogP contribution in [0.4, 0.5) is 0 Å². The van der Waals surface area contributed by atoms with Gasteiger partial charge in [0.05, 0.1) is 0 Å². The molecule has 0 aromatic rings. The zero-order valence-electron chi connectivity index (χ0n) is 6.04. The van der Waals surface area contributed by atoms with E-state index in [4.69, 9.17) is 5.11 Å². The minimum atomic E-state index is -0.359. The predicted octanol–water partition coefficient (Wildman–Crippen LogP) is 0.292. The molecule has 0 bridgehead atoms. The third-order valence-electron chi connectivity index (χ3n) is 0.823. The van der Waals surface area contributed by atoms with Gasteiger partial charge in [-0.25, -0.2) is 6.54 Å². The molecule has 9 heavy (non-hydrogen) atoms. The van der Waals surface area contributed by atoms with E-state index in [1.165, 1.54) is 0 Å². The third kappa shape index (κ3) is 9.02. The summed E-state index contributed by atoms with van der Waals surface area (Å²) in [6, 6.07) is 0. The van der Waals surface area contributed by atoms with Crippen molar-refractivity contribution in [1.29, 1.82) is 0 Å². The quantitative estimate of drug-likeness (QED) is 0.668. The van der Waals surface area contributed by atoms with Gasteiger partial charge in [-0.3, -0.25) is 0 Å². The van der Waals surface area contributed by atoms with Gasteiger partial charge >= 0.3 is 0 Å². The Morgan fingerprint density at radius 2 is 2.22 bits per heavy atom. The molecular formula is C6H13NOY-2. The van der Waals surface area contributed by atoms with Crippen LogP contribution in [-0.4, -0.2) is 29.7 Å². The molecule has 0 aliphatic carbocycles. The van der Waals surface area contributed by atoms with Crippen molar-refractivity contribution in [3.8, 4) is 0 Å². The van der Waals surface area contributed by atoms with Crippen LogP contribution in [0.3, 0.4) is 0 Å². The van der Waals surface area contributed by atoms with Gasteiger partial charge in [0.1, 0.15) is 0 Å². The molecule has 0 amide bonds. The minimum Gasteiger partial charge on any atom is -0.482 e.